The summed E-state index contributed by atoms with van der Waals surface area (Å²) in [5, 5.41) is 21.1. The van der Waals surface area contributed by atoms with Gasteiger partial charge in [0.15, 0.2) is 0 Å². The van der Waals surface area contributed by atoms with Crippen LogP contribution in [0.2, 0.25) is 0 Å². The van der Waals surface area contributed by atoms with Crippen LogP contribution in [0.1, 0.15) is 32.6 Å². The highest BCUT2D eigenvalue weighted by molar-refractivity contribution is 5.64. The van der Waals surface area contributed by atoms with Crippen molar-refractivity contribution in [3.8, 4) is 0 Å². The first-order valence-corrected chi connectivity index (χ1v) is 4.85. The van der Waals surface area contributed by atoms with Gasteiger partial charge >= 0.3 is 0 Å². The average Bonchev–Trinajstić information content (AvgIpc) is 2.07. The Morgan fingerprint density at radius 3 is 2.64 bits per heavy atom. The summed E-state index contributed by atoms with van der Waals surface area (Å²) >= 11 is 0. The lowest BCUT2D eigenvalue weighted by Gasteiger charge is -2.31. The number of aliphatic carboxylic acids is 1. The van der Waals surface area contributed by atoms with E-state index in [4.69, 9.17) is 0 Å². The van der Waals surface area contributed by atoms with Crippen molar-refractivity contribution in [2.45, 2.75) is 38.6 Å². The maximum absolute atomic E-state index is 10.7. The molecule has 1 saturated carbocycles. The van der Waals surface area contributed by atoms with Crippen molar-refractivity contribution in [2.75, 3.05) is 0 Å². The first kappa shape index (κ1) is 10.9. The summed E-state index contributed by atoms with van der Waals surface area (Å²) in [6, 6.07) is -0.698. The second-order valence-corrected chi connectivity index (χ2v) is 4.00. The molecule has 0 aromatic rings. The van der Waals surface area contributed by atoms with E-state index in [1.54, 1.807) is 0 Å². The van der Waals surface area contributed by atoms with E-state index in [0.717, 1.165) is 12.8 Å². The molecule has 0 amide bonds. The molecule has 1 aliphatic carbocycles. The molecule has 80 valence electrons. The lowest BCUT2D eigenvalue weighted by molar-refractivity contribution is -0.538. The molecule has 0 saturated heterocycles. The number of carboxylic acids is 1. The third kappa shape index (κ3) is 2.43. The summed E-state index contributed by atoms with van der Waals surface area (Å²) in [6.07, 6.45) is 2.00. The minimum atomic E-state index is -1.18. The summed E-state index contributed by atoms with van der Waals surface area (Å²) in [7, 11) is 0. The predicted octanol–water partition coefficient (Wildman–Crippen LogP) is 0.208. The van der Waals surface area contributed by atoms with E-state index in [0.29, 0.717) is 6.42 Å². The van der Waals surface area contributed by atoms with Crippen molar-refractivity contribution in [1.29, 1.82) is 0 Å². The van der Waals surface area contributed by atoms with Crippen molar-refractivity contribution >= 4 is 5.97 Å². The molecule has 5 nitrogen and oxygen atoms in total. The molecule has 0 N–H and O–H groups in total. The van der Waals surface area contributed by atoms with Gasteiger partial charge in [-0.3, -0.25) is 10.1 Å². The van der Waals surface area contributed by atoms with Crippen molar-refractivity contribution in [3.63, 3.8) is 0 Å². The Morgan fingerprint density at radius 1 is 1.50 bits per heavy atom. The maximum atomic E-state index is 10.7. The van der Waals surface area contributed by atoms with Crippen LogP contribution < -0.4 is 5.11 Å². The molecule has 0 aromatic heterocycles. The predicted molar refractivity (Wildman–Crippen MR) is 46.9 cm³/mol. The van der Waals surface area contributed by atoms with Crippen molar-refractivity contribution in [2.24, 2.45) is 11.8 Å². The van der Waals surface area contributed by atoms with E-state index < -0.39 is 12.0 Å². The molecular formula is C9H14NO4-. The number of carboxylic acid groups (broad SMARTS) is 1. The second-order valence-electron chi connectivity index (χ2n) is 4.00. The maximum Gasteiger partial charge on any atom is 0.216 e. The summed E-state index contributed by atoms with van der Waals surface area (Å²) in [5.74, 6) is -1.43. The molecule has 0 radical (unpaired) electrons. The van der Waals surface area contributed by atoms with Gasteiger partial charge in [-0.05, 0) is 25.2 Å². The second kappa shape index (κ2) is 4.39. The normalized spacial score (nSPS) is 32.5. The largest absolute Gasteiger partial charge is 0.550 e. The number of nitro groups is 1. The monoisotopic (exact) mass is 200 g/mol. The van der Waals surface area contributed by atoms with Gasteiger partial charge in [-0.25, -0.2) is 0 Å². The van der Waals surface area contributed by atoms with E-state index in [2.05, 4.69) is 0 Å². The lowest BCUT2D eigenvalue weighted by atomic mass is 9.75. The molecule has 1 fully saturated rings. The summed E-state index contributed by atoms with van der Waals surface area (Å²) < 4.78 is 0. The van der Waals surface area contributed by atoms with Gasteiger partial charge in [0.1, 0.15) is 0 Å². The van der Waals surface area contributed by atoms with Crippen LogP contribution >= 0.6 is 0 Å². The lowest BCUT2D eigenvalue weighted by Crippen LogP contribution is -2.40. The Balaban J connectivity index is 2.70. The molecule has 1 rings (SSSR count). The van der Waals surface area contributed by atoms with Crippen LogP contribution in [-0.2, 0) is 4.79 Å². The van der Waals surface area contributed by atoms with Gasteiger partial charge in [0.05, 0.1) is 0 Å². The summed E-state index contributed by atoms with van der Waals surface area (Å²) in [4.78, 5) is 20.8. The number of carbonyl (C=O) groups is 1. The molecular weight excluding hydrogens is 186 g/mol. The van der Waals surface area contributed by atoms with Crippen LogP contribution in [-0.4, -0.2) is 16.9 Å². The van der Waals surface area contributed by atoms with Crippen molar-refractivity contribution < 1.29 is 14.8 Å². The van der Waals surface area contributed by atoms with E-state index in [9.17, 15) is 20.0 Å². The number of hydrogen-bond donors (Lipinski definition) is 0. The number of carbonyl (C=O) groups excluding carboxylic acids is 1. The third-order valence-electron chi connectivity index (χ3n) is 3.06. The highest BCUT2D eigenvalue weighted by Gasteiger charge is 2.38. The van der Waals surface area contributed by atoms with Gasteiger partial charge in [-0.15, -0.1) is 0 Å². The molecule has 0 bridgehead atoms. The number of rotatable bonds is 3. The Kier molecular flexibility index (Phi) is 3.43. The van der Waals surface area contributed by atoms with E-state index in [1.807, 2.05) is 6.92 Å². The summed E-state index contributed by atoms with van der Waals surface area (Å²) in [5.41, 5.74) is 0. The summed E-state index contributed by atoms with van der Waals surface area (Å²) in [6.45, 7) is 1.88. The molecule has 0 unspecified atom stereocenters. The standard InChI is InChI=1S/C9H15NO4/c1-6-3-2-4-8(10(13)14)7(6)5-9(11)12/h6-8H,2-5H2,1H3,(H,11,12)/p-1/t6-,7-,8+/m1/s1. The molecule has 14 heavy (non-hydrogen) atoms. The van der Waals surface area contributed by atoms with Crippen molar-refractivity contribution in [1.82, 2.24) is 0 Å². The zero-order valence-corrected chi connectivity index (χ0v) is 8.14. The fourth-order valence-corrected chi connectivity index (χ4v) is 2.25. The van der Waals surface area contributed by atoms with Crippen LogP contribution in [0, 0.1) is 22.0 Å². The smallest absolute Gasteiger partial charge is 0.216 e. The fraction of sp³-hybridized carbons (Fsp3) is 0.889. The zero-order chi connectivity index (χ0) is 10.7. The fourth-order valence-electron chi connectivity index (χ4n) is 2.25. The highest BCUT2D eigenvalue weighted by Crippen LogP contribution is 2.33. The van der Waals surface area contributed by atoms with E-state index >= 15 is 0 Å². The Hall–Kier alpha value is -1.13. The van der Waals surface area contributed by atoms with Crippen LogP contribution in [0.4, 0.5) is 0 Å². The van der Waals surface area contributed by atoms with Crippen molar-refractivity contribution in [3.05, 3.63) is 10.1 Å². The van der Waals surface area contributed by atoms with Gasteiger partial charge in [-0.2, -0.15) is 0 Å². The minimum absolute atomic E-state index is 0.108. The van der Waals surface area contributed by atoms with Gasteiger partial charge < -0.3 is 9.90 Å². The quantitative estimate of drug-likeness (QED) is 0.481. The molecule has 3 atom stereocenters. The van der Waals surface area contributed by atoms with E-state index in [-0.39, 0.29) is 23.2 Å². The van der Waals surface area contributed by atoms with Gasteiger partial charge in [0.2, 0.25) is 6.04 Å². The molecule has 0 heterocycles. The van der Waals surface area contributed by atoms with Gasteiger partial charge in [0, 0.05) is 23.2 Å². The average molecular weight is 200 g/mol. The number of nitrogens with zero attached hydrogens (tertiary/aromatic N) is 1. The minimum Gasteiger partial charge on any atom is -0.550 e. The molecule has 0 aliphatic heterocycles. The third-order valence-corrected chi connectivity index (χ3v) is 3.06. The topological polar surface area (TPSA) is 83.3 Å². The Bertz CT molecular complexity index is 241. The SMILES string of the molecule is C[C@@H]1CCC[C@H]([N+](=O)[O-])[C@@H]1CC(=O)[O-]. The van der Waals surface area contributed by atoms with Crippen LogP contribution in [0.15, 0.2) is 0 Å². The van der Waals surface area contributed by atoms with Gasteiger partial charge in [0.25, 0.3) is 0 Å². The first-order valence-electron chi connectivity index (χ1n) is 4.85. The number of hydrogen-bond acceptors (Lipinski definition) is 4. The zero-order valence-electron chi connectivity index (χ0n) is 8.14. The van der Waals surface area contributed by atoms with Crippen LogP contribution in [0.3, 0.4) is 0 Å². The van der Waals surface area contributed by atoms with Crippen LogP contribution in [0.5, 0.6) is 0 Å². The highest BCUT2D eigenvalue weighted by atomic mass is 16.6. The van der Waals surface area contributed by atoms with E-state index in [1.165, 1.54) is 0 Å². The van der Waals surface area contributed by atoms with Gasteiger partial charge in [-0.1, -0.05) is 6.92 Å². The molecule has 5 heteroatoms. The van der Waals surface area contributed by atoms with Crippen LogP contribution in [0.25, 0.3) is 0 Å². The molecule has 1 aliphatic rings. The molecule has 0 aromatic carbocycles. The Morgan fingerprint density at radius 2 is 2.14 bits per heavy atom. The first-order chi connectivity index (χ1) is 6.52. The molecule has 0 spiro atoms. The Labute approximate surface area is 82.3 Å².